The molecule has 0 saturated carbocycles. The lowest BCUT2D eigenvalue weighted by Crippen LogP contribution is -2.50. The van der Waals surface area contributed by atoms with Gasteiger partial charge in [0, 0.05) is 38.6 Å². The molecule has 1 aromatic carbocycles. The first kappa shape index (κ1) is 27.1. The minimum atomic E-state index is -3.69. The van der Waals surface area contributed by atoms with Crippen LogP contribution in [0.25, 0.3) is 0 Å². The van der Waals surface area contributed by atoms with E-state index in [1.54, 1.807) is 56.1 Å². The van der Waals surface area contributed by atoms with Gasteiger partial charge in [0.25, 0.3) is 0 Å². The summed E-state index contributed by atoms with van der Waals surface area (Å²) in [6, 6.07) is 6.57. The van der Waals surface area contributed by atoms with Gasteiger partial charge < -0.3 is 4.84 Å². The van der Waals surface area contributed by atoms with Gasteiger partial charge in [0.2, 0.25) is 20.9 Å². The van der Waals surface area contributed by atoms with Gasteiger partial charge >= 0.3 is 5.97 Å². The fraction of sp³-hybridized carbons (Fsp3) is 0.520. The van der Waals surface area contributed by atoms with E-state index < -0.39 is 33.0 Å². The molecule has 2 fully saturated rings. The number of hydrogen-bond acceptors (Lipinski definition) is 9. The monoisotopic (exact) mass is 533 g/mol. The van der Waals surface area contributed by atoms with Crippen LogP contribution in [-0.2, 0) is 24.3 Å². The molecule has 1 aromatic heterocycles. The van der Waals surface area contributed by atoms with Crippen LogP contribution in [0.5, 0.6) is 0 Å². The smallest absolute Gasteiger partial charge is 0.330 e. The predicted molar refractivity (Wildman–Crippen MR) is 132 cm³/mol. The van der Waals surface area contributed by atoms with Crippen LogP contribution in [0.3, 0.4) is 0 Å². The van der Waals surface area contributed by atoms with Gasteiger partial charge in [-0.3, -0.25) is 9.80 Å². The summed E-state index contributed by atoms with van der Waals surface area (Å²) in [6.45, 7) is 6.31. The number of carbonyl (C=O) groups excluding carboxylic acids is 2. The van der Waals surface area contributed by atoms with Crippen molar-refractivity contribution in [2.45, 2.75) is 56.8 Å². The third-order valence-corrected chi connectivity index (χ3v) is 7.53. The molecule has 2 saturated heterocycles. The van der Waals surface area contributed by atoms with Crippen molar-refractivity contribution in [2.24, 2.45) is 5.41 Å². The second kappa shape index (κ2) is 10.1. The highest BCUT2D eigenvalue weighted by Crippen LogP contribution is 2.45. The van der Waals surface area contributed by atoms with Gasteiger partial charge in [-0.2, -0.15) is 0 Å². The number of sulfone groups is 1. The molecule has 2 aliphatic heterocycles. The number of nitrogens with zero attached hydrogens (tertiary/aromatic N) is 5. The number of amides is 1. The van der Waals surface area contributed by atoms with Crippen molar-refractivity contribution in [3.63, 3.8) is 0 Å². The first-order chi connectivity index (χ1) is 17.3. The number of likely N-dealkylation sites (N-methyl/N-ethyl adjacent to an activating group) is 1. The van der Waals surface area contributed by atoms with E-state index in [0.717, 1.165) is 6.26 Å². The molecule has 0 N–H and O–H groups in total. The summed E-state index contributed by atoms with van der Waals surface area (Å²) in [6.07, 6.45) is 3.58. The Morgan fingerprint density at radius 2 is 1.73 bits per heavy atom. The number of piperidine rings is 1. The molecule has 2 aromatic rings. The Morgan fingerprint density at radius 1 is 1.11 bits per heavy atom. The van der Waals surface area contributed by atoms with Crippen LogP contribution in [0.15, 0.2) is 41.7 Å². The molecule has 1 amide bonds. The van der Waals surface area contributed by atoms with E-state index in [9.17, 15) is 22.4 Å². The summed E-state index contributed by atoms with van der Waals surface area (Å²) in [4.78, 5) is 39.7. The standard InChI is InChI=1S/C25H32FN5O5S/c1-25(2,3)23(33)36-30-14-11-18(12-15-30)31-21(19-10-13-27-24(28-19)37(5,34)35)20(22(32)29(31)4)16-6-8-17(26)9-7-16/h6-10,13,18,20-21H,11-12,14-15H2,1-5H3. The number of hydrazine groups is 1. The van der Waals surface area contributed by atoms with E-state index in [0.29, 0.717) is 37.2 Å². The molecule has 0 bridgehead atoms. The Bertz CT molecular complexity index is 1270. The molecule has 0 spiro atoms. The molecular formula is C25H32FN5O5S. The highest BCUT2D eigenvalue weighted by Gasteiger charge is 2.50. The Labute approximate surface area is 216 Å². The van der Waals surface area contributed by atoms with Crippen molar-refractivity contribution in [3.8, 4) is 0 Å². The number of halogens is 1. The molecule has 12 heteroatoms. The lowest BCUT2D eigenvalue weighted by Gasteiger charge is -2.41. The lowest BCUT2D eigenvalue weighted by molar-refractivity contribution is -0.209. The van der Waals surface area contributed by atoms with Crippen molar-refractivity contribution < 1.29 is 27.2 Å². The van der Waals surface area contributed by atoms with Crippen molar-refractivity contribution in [2.75, 3.05) is 26.4 Å². The maximum atomic E-state index is 13.7. The highest BCUT2D eigenvalue weighted by molar-refractivity contribution is 7.90. The number of rotatable bonds is 5. The Kier molecular flexibility index (Phi) is 7.37. The van der Waals surface area contributed by atoms with E-state index >= 15 is 0 Å². The number of hydroxylamine groups is 2. The third-order valence-electron chi connectivity index (χ3n) is 6.67. The zero-order valence-electron chi connectivity index (χ0n) is 21.6. The first-order valence-corrected chi connectivity index (χ1v) is 14.0. The zero-order chi connectivity index (χ0) is 27.1. The Balaban J connectivity index is 1.68. The largest absolute Gasteiger partial charge is 0.367 e. The Morgan fingerprint density at radius 3 is 2.30 bits per heavy atom. The highest BCUT2D eigenvalue weighted by atomic mass is 32.2. The second-order valence-corrected chi connectivity index (χ2v) is 12.5. The molecule has 0 radical (unpaired) electrons. The second-order valence-electron chi connectivity index (χ2n) is 10.5. The average Bonchev–Trinajstić information content (AvgIpc) is 3.09. The van der Waals surface area contributed by atoms with E-state index in [2.05, 4.69) is 9.97 Å². The van der Waals surface area contributed by atoms with Gasteiger partial charge in [0.15, 0.2) is 0 Å². The number of benzene rings is 1. The van der Waals surface area contributed by atoms with Crippen LogP contribution in [0, 0.1) is 11.2 Å². The van der Waals surface area contributed by atoms with Crippen LogP contribution in [-0.4, -0.2) is 77.8 Å². The SMILES string of the molecule is CN1C(=O)C(c2ccc(F)cc2)C(c2ccnc(S(C)(=O)=O)n2)N1C1CCN(OC(=O)C(C)(C)C)CC1. The van der Waals surface area contributed by atoms with Gasteiger partial charge in [0.1, 0.15) is 5.82 Å². The molecule has 3 heterocycles. The van der Waals surface area contributed by atoms with Crippen LogP contribution >= 0.6 is 0 Å². The van der Waals surface area contributed by atoms with Gasteiger partial charge in [-0.05, 0) is 57.4 Å². The number of aromatic nitrogens is 2. The van der Waals surface area contributed by atoms with E-state index in [-0.39, 0.29) is 23.1 Å². The molecule has 2 atom stereocenters. The molecule has 2 aliphatic rings. The minimum absolute atomic E-state index is 0.120. The Hall–Kier alpha value is -2.96. The zero-order valence-corrected chi connectivity index (χ0v) is 22.4. The van der Waals surface area contributed by atoms with Gasteiger partial charge in [-0.15, -0.1) is 5.06 Å². The van der Waals surface area contributed by atoms with Gasteiger partial charge in [0.05, 0.1) is 23.1 Å². The first-order valence-electron chi connectivity index (χ1n) is 12.1. The fourth-order valence-electron chi connectivity index (χ4n) is 4.71. The molecule has 10 nitrogen and oxygen atoms in total. The molecule has 37 heavy (non-hydrogen) atoms. The summed E-state index contributed by atoms with van der Waals surface area (Å²) < 4.78 is 38.1. The predicted octanol–water partition coefficient (Wildman–Crippen LogP) is 2.50. The molecule has 200 valence electrons. The molecule has 0 aliphatic carbocycles. The molecule has 2 unspecified atom stereocenters. The van der Waals surface area contributed by atoms with Crippen LogP contribution in [0.1, 0.15) is 56.8 Å². The summed E-state index contributed by atoms with van der Waals surface area (Å²) in [5.74, 6) is -1.68. The van der Waals surface area contributed by atoms with Crippen LogP contribution in [0.2, 0.25) is 0 Å². The summed E-state index contributed by atoms with van der Waals surface area (Å²) in [5.41, 5.74) is 0.349. The van der Waals surface area contributed by atoms with Crippen molar-refractivity contribution in [3.05, 3.63) is 53.6 Å². The minimum Gasteiger partial charge on any atom is -0.367 e. The number of carbonyl (C=O) groups is 2. The maximum Gasteiger partial charge on any atom is 0.330 e. The number of hydrogen-bond donors (Lipinski definition) is 0. The normalized spacial score (nSPS) is 22.4. The maximum absolute atomic E-state index is 13.7. The van der Waals surface area contributed by atoms with E-state index in [1.807, 2.05) is 5.01 Å². The molecule has 4 rings (SSSR count). The molecular weight excluding hydrogens is 501 g/mol. The summed E-state index contributed by atoms with van der Waals surface area (Å²) in [5, 5.41) is 4.78. The summed E-state index contributed by atoms with van der Waals surface area (Å²) in [7, 11) is -2.02. The van der Waals surface area contributed by atoms with Crippen molar-refractivity contribution >= 4 is 21.7 Å². The quantitative estimate of drug-likeness (QED) is 0.535. The van der Waals surface area contributed by atoms with E-state index in [4.69, 9.17) is 4.84 Å². The van der Waals surface area contributed by atoms with E-state index in [1.165, 1.54) is 18.3 Å². The fourth-order valence-corrected chi connectivity index (χ4v) is 5.24. The van der Waals surface area contributed by atoms with Crippen LogP contribution in [0.4, 0.5) is 4.39 Å². The van der Waals surface area contributed by atoms with Crippen molar-refractivity contribution in [1.82, 2.24) is 25.0 Å². The van der Waals surface area contributed by atoms with Gasteiger partial charge in [-0.1, -0.05) is 12.1 Å². The topological polar surface area (TPSA) is 113 Å². The van der Waals surface area contributed by atoms with Gasteiger partial charge in [-0.25, -0.2) is 32.6 Å². The summed E-state index contributed by atoms with van der Waals surface area (Å²) >= 11 is 0. The van der Waals surface area contributed by atoms with Crippen molar-refractivity contribution in [1.29, 1.82) is 0 Å². The third kappa shape index (κ3) is 5.65. The van der Waals surface area contributed by atoms with Crippen LogP contribution < -0.4 is 0 Å². The lowest BCUT2D eigenvalue weighted by atomic mass is 9.88. The average molecular weight is 534 g/mol.